The number of hydrogen-bond donors (Lipinski definition) is 0. The molecule has 2 aromatic heterocycles. The first-order valence-electron chi connectivity index (χ1n) is 41.2. The monoisotopic (exact) mass is 1480 g/mol. The Morgan fingerprint density at radius 2 is 0.560 bits per heavy atom. The van der Waals surface area contributed by atoms with E-state index in [1.165, 1.54) is 192 Å². The number of para-hydroxylation sites is 3. The lowest BCUT2D eigenvalue weighted by Crippen LogP contribution is -2.35. The molecule has 0 bridgehead atoms. The first-order chi connectivity index (χ1) is 57.3. The summed E-state index contributed by atoms with van der Waals surface area (Å²) in [7, 11) is 0. The van der Waals surface area contributed by atoms with Crippen molar-refractivity contribution in [2.45, 2.75) is 61.4 Å². The van der Waals surface area contributed by atoms with Crippen molar-refractivity contribution < 1.29 is 0 Å². The van der Waals surface area contributed by atoms with Crippen LogP contribution in [0.25, 0.3) is 99.2 Å². The van der Waals surface area contributed by atoms with E-state index in [1.54, 1.807) is 0 Å². The lowest BCUT2D eigenvalue weighted by atomic mass is 9.77. The van der Waals surface area contributed by atoms with Crippen molar-refractivity contribution in [3.05, 3.63) is 468 Å². The van der Waals surface area contributed by atoms with Gasteiger partial charge in [0.2, 0.25) is 0 Å². The molecule has 0 aliphatic heterocycles. The van der Waals surface area contributed by atoms with Gasteiger partial charge in [-0.3, -0.25) is 0 Å². The molecular weight excluding hydrogens is 1400 g/mol. The average Bonchev–Trinajstić information content (AvgIpc) is 1.52. The van der Waals surface area contributed by atoms with Crippen LogP contribution in [0.5, 0.6) is 0 Å². The number of fused-ring (bicyclic) bond motifs is 20. The fourth-order valence-corrected chi connectivity index (χ4v) is 22.0. The number of nitrogens with zero attached hydrogens (tertiary/aromatic N) is 4. The quantitative estimate of drug-likeness (QED) is 0.128. The molecule has 0 unspecified atom stereocenters. The van der Waals surface area contributed by atoms with E-state index in [1.807, 2.05) is 0 Å². The second-order valence-corrected chi connectivity index (χ2v) is 32.8. The van der Waals surface area contributed by atoms with Gasteiger partial charge >= 0.3 is 0 Å². The Balaban J connectivity index is 0.000000137. The van der Waals surface area contributed by atoms with Crippen LogP contribution < -0.4 is 9.80 Å². The summed E-state index contributed by atoms with van der Waals surface area (Å²) < 4.78 is 5.29. The second-order valence-electron chi connectivity index (χ2n) is 32.8. The van der Waals surface area contributed by atoms with Crippen LogP contribution >= 0.6 is 0 Å². The molecule has 17 aromatic carbocycles. The summed E-state index contributed by atoms with van der Waals surface area (Å²) in [6.45, 7) is 4.73. The Morgan fingerprint density at radius 1 is 0.233 bits per heavy atom. The Kier molecular flexibility index (Phi) is 15.3. The average molecular weight is 1480 g/mol. The van der Waals surface area contributed by atoms with Crippen LogP contribution in [0, 0.1) is 0 Å². The zero-order valence-electron chi connectivity index (χ0n) is 64.9. The molecule has 19 aromatic rings. The summed E-state index contributed by atoms with van der Waals surface area (Å²) in [4.78, 5) is 5.01. The summed E-state index contributed by atoms with van der Waals surface area (Å²) in [5.41, 5.74) is 37.0. The minimum absolute atomic E-state index is 0.0985. The molecule has 1 fully saturated rings. The molecule has 24 rings (SSSR count). The van der Waals surface area contributed by atoms with Gasteiger partial charge in [-0.1, -0.05) is 354 Å². The Hall–Kier alpha value is -14.1. The van der Waals surface area contributed by atoms with Gasteiger partial charge in [-0.2, -0.15) is 0 Å². The molecule has 116 heavy (non-hydrogen) atoms. The molecule has 2 heterocycles. The molecule has 550 valence electrons. The predicted octanol–water partition coefficient (Wildman–Crippen LogP) is 29.0. The molecule has 0 N–H and O–H groups in total. The fourth-order valence-electron chi connectivity index (χ4n) is 22.0. The van der Waals surface area contributed by atoms with Crippen molar-refractivity contribution in [3.63, 3.8) is 0 Å². The summed E-state index contributed by atoms with van der Waals surface area (Å²) >= 11 is 0. The summed E-state index contributed by atoms with van der Waals surface area (Å²) in [6.07, 6.45) is 4.99. The van der Waals surface area contributed by atoms with Crippen molar-refractivity contribution >= 4 is 77.7 Å². The van der Waals surface area contributed by atoms with Gasteiger partial charge in [0.25, 0.3) is 0 Å². The minimum atomic E-state index is -0.597. The molecule has 0 amide bonds. The van der Waals surface area contributed by atoms with E-state index in [-0.39, 0.29) is 10.8 Å². The molecule has 1 spiro atoms. The van der Waals surface area contributed by atoms with Crippen LogP contribution in [0.4, 0.5) is 34.1 Å². The fraction of sp³-hybridized carbons (Fsp3) is 0.0893. The van der Waals surface area contributed by atoms with E-state index in [0.717, 1.165) is 22.7 Å². The Bertz CT molecular complexity index is 7030. The van der Waals surface area contributed by atoms with Crippen molar-refractivity contribution in [1.29, 1.82) is 0 Å². The van der Waals surface area contributed by atoms with E-state index in [9.17, 15) is 0 Å². The highest BCUT2D eigenvalue weighted by Crippen LogP contribution is 2.63. The van der Waals surface area contributed by atoms with E-state index in [4.69, 9.17) is 0 Å². The van der Waals surface area contributed by atoms with E-state index in [0.29, 0.717) is 0 Å². The molecule has 1 saturated carbocycles. The van der Waals surface area contributed by atoms with Gasteiger partial charge in [-0.05, 0) is 198 Å². The molecule has 0 atom stereocenters. The summed E-state index contributed by atoms with van der Waals surface area (Å²) in [6, 6.07) is 154. The number of hydrogen-bond acceptors (Lipinski definition) is 2. The van der Waals surface area contributed by atoms with E-state index < -0.39 is 11.1 Å². The molecule has 0 saturated heterocycles. The first kappa shape index (κ1) is 67.6. The highest BCUT2D eigenvalue weighted by atomic mass is 15.2. The smallest absolute Gasteiger partial charge is 0.122 e. The highest BCUT2D eigenvalue weighted by Gasteiger charge is 2.51. The van der Waals surface area contributed by atoms with Crippen molar-refractivity contribution in [1.82, 2.24) is 9.13 Å². The zero-order chi connectivity index (χ0) is 76.9. The maximum absolute atomic E-state index is 2.65. The van der Waals surface area contributed by atoms with Crippen molar-refractivity contribution in [2.75, 3.05) is 9.80 Å². The van der Waals surface area contributed by atoms with Crippen molar-refractivity contribution in [3.8, 4) is 55.6 Å². The van der Waals surface area contributed by atoms with E-state index >= 15 is 0 Å². The third kappa shape index (κ3) is 9.62. The number of benzene rings is 17. The molecule has 4 heteroatoms. The maximum Gasteiger partial charge on any atom is 0.122 e. The highest BCUT2D eigenvalue weighted by molar-refractivity contribution is 6.13. The van der Waals surface area contributed by atoms with Gasteiger partial charge in [0, 0.05) is 66.3 Å². The maximum atomic E-state index is 2.65. The number of rotatable bonds is 11. The Morgan fingerprint density at radius 3 is 1.03 bits per heavy atom. The standard InChI is InChI=1S/C58H42N2.C54H40N2/c1-57(2)49-26-13-11-25-47(49)56-52(57)29-17-31-55(56)59(42-34-32-40(33-35-42)39-18-5-3-6-19-39)43-36-37-54-48(38-43)46-24-12-16-30-53(46)60(54)58(41-20-7-4-8-21-41)50-27-14-9-22-44(50)45-23-10-15-28-51(45)58;1-3-18-37(19-4-1)54(46-27-12-7-22-40(46)41-23-8-13-28-47(41)54)56-49-30-14-10-24-42(49)44-36-39(32-33-50(44)56)55(38-20-5-2-6-21-38)51-31-17-29-48-52(51)43-25-9-11-26-45(43)53(48)34-15-16-35-53/h3-38H,1-2H3;1-14,17-33,36H,15-16,34-35H2. The van der Waals surface area contributed by atoms with Crippen LogP contribution in [-0.2, 0) is 21.9 Å². The van der Waals surface area contributed by atoms with Crippen LogP contribution in [-0.4, -0.2) is 9.13 Å². The number of aromatic nitrogens is 2. The van der Waals surface area contributed by atoms with Crippen molar-refractivity contribution in [2.24, 2.45) is 0 Å². The van der Waals surface area contributed by atoms with Gasteiger partial charge in [-0.15, -0.1) is 0 Å². The molecular formula is C112H82N4. The normalized spacial score (nSPS) is 14.8. The van der Waals surface area contributed by atoms with Crippen LogP contribution in [0.3, 0.4) is 0 Å². The zero-order valence-corrected chi connectivity index (χ0v) is 64.9. The lowest BCUT2D eigenvalue weighted by molar-refractivity contribution is 0.550. The van der Waals surface area contributed by atoms with Gasteiger partial charge in [-0.25, -0.2) is 0 Å². The molecule has 5 aliphatic carbocycles. The van der Waals surface area contributed by atoms with Crippen LogP contribution in [0.1, 0.15) is 95.2 Å². The topological polar surface area (TPSA) is 16.3 Å². The first-order valence-corrected chi connectivity index (χ1v) is 41.2. The largest absolute Gasteiger partial charge is 0.322 e. The van der Waals surface area contributed by atoms with Gasteiger partial charge in [0.1, 0.15) is 11.1 Å². The van der Waals surface area contributed by atoms with Crippen LogP contribution in [0.15, 0.2) is 413 Å². The minimum Gasteiger partial charge on any atom is -0.322 e. The summed E-state index contributed by atoms with van der Waals surface area (Å²) in [5.74, 6) is 0. The molecule has 4 nitrogen and oxygen atoms in total. The molecule has 5 aliphatic rings. The van der Waals surface area contributed by atoms with Gasteiger partial charge in [0.05, 0.1) is 33.4 Å². The van der Waals surface area contributed by atoms with E-state index in [2.05, 4.69) is 445 Å². The van der Waals surface area contributed by atoms with Gasteiger partial charge < -0.3 is 18.9 Å². The summed E-state index contributed by atoms with van der Waals surface area (Å²) in [5, 5.41) is 4.95. The SMILES string of the molecule is CC1(C)c2ccccc2-c2c(N(c3ccc(-c4ccccc4)cc3)c3ccc4c(c3)c3ccccc3n4C3(c4ccccc4)c4ccccc4-c4ccccc43)cccc21.c1ccc(N(c2ccc3c(c2)c2ccccc2n3C2(c3ccccc3)c3ccccc3-c3ccccc32)c2cccc3c2-c2ccccc2C32CCCC2)cc1. The second kappa shape index (κ2) is 26.3. The predicted molar refractivity (Wildman–Crippen MR) is 483 cm³/mol. The lowest BCUT2D eigenvalue weighted by Gasteiger charge is -2.36. The third-order valence-electron chi connectivity index (χ3n) is 26.8. The number of anilines is 6. The van der Waals surface area contributed by atoms with Gasteiger partial charge in [0.15, 0.2) is 0 Å². The third-order valence-corrected chi connectivity index (χ3v) is 26.8. The van der Waals surface area contributed by atoms with Crippen LogP contribution in [0.2, 0.25) is 0 Å². The Labute approximate surface area is 677 Å². The molecule has 0 radical (unpaired) electrons.